The number of fused-ring (bicyclic) bond motifs is 1. The monoisotopic (exact) mass is 290 g/mol. The highest BCUT2D eigenvalue weighted by molar-refractivity contribution is 5.80. The van der Waals surface area contributed by atoms with E-state index in [1.54, 1.807) is 6.08 Å². The van der Waals surface area contributed by atoms with Crippen LogP contribution in [-0.2, 0) is 4.79 Å². The minimum atomic E-state index is -0.920. The summed E-state index contributed by atoms with van der Waals surface area (Å²) < 4.78 is 0. The van der Waals surface area contributed by atoms with Gasteiger partial charge in [0.05, 0.1) is 5.60 Å². The molecule has 3 nitrogen and oxygen atoms in total. The first-order chi connectivity index (χ1) is 9.80. The Morgan fingerprint density at radius 3 is 2.62 bits per heavy atom. The summed E-state index contributed by atoms with van der Waals surface area (Å²) in [6, 6.07) is 0. The third-order valence-corrected chi connectivity index (χ3v) is 4.99. The van der Waals surface area contributed by atoms with Crippen molar-refractivity contribution in [1.82, 2.24) is 0 Å². The van der Waals surface area contributed by atoms with Gasteiger partial charge in [0.25, 0.3) is 0 Å². The lowest BCUT2D eigenvalue weighted by Crippen LogP contribution is -2.45. The highest BCUT2D eigenvalue weighted by atomic mass is 16.4. The average Bonchev–Trinajstić information content (AvgIpc) is 2.35. The molecule has 1 saturated carbocycles. The molecule has 0 heterocycles. The van der Waals surface area contributed by atoms with Gasteiger partial charge in [0, 0.05) is 6.08 Å². The maximum absolute atomic E-state index is 10.5. The van der Waals surface area contributed by atoms with Crippen LogP contribution < -0.4 is 0 Å². The van der Waals surface area contributed by atoms with E-state index in [2.05, 4.69) is 32.1 Å². The largest absolute Gasteiger partial charge is 0.478 e. The molecule has 0 saturated heterocycles. The van der Waals surface area contributed by atoms with Gasteiger partial charge in [0.1, 0.15) is 0 Å². The molecule has 21 heavy (non-hydrogen) atoms. The SMILES string of the molecule is C[C@@H]1C[C@@](C)(O)C[C@H]2C=C[C@H](C)[C@@H](/C=C/C=C/C(=O)O)[C@H]12. The first-order valence-corrected chi connectivity index (χ1v) is 7.78. The van der Waals surface area contributed by atoms with Gasteiger partial charge in [0.15, 0.2) is 0 Å². The van der Waals surface area contributed by atoms with Crippen LogP contribution in [0.25, 0.3) is 0 Å². The highest BCUT2D eigenvalue weighted by Crippen LogP contribution is 2.49. The van der Waals surface area contributed by atoms with Crippen LogP contribution in [0.1, 0.15) is 33.6 Å². The number of hydrogen-bond acceptors (Lipinski definition) is 2. The van der Waals surface area contributed by atoms with Gasteiger partial charge in [-0.2, -0.15) is 0 Å². The van der Waals surface area contributed by atoms with E-state index in [1.807, 2.05) is 13.0 Å². The first kappa shape index (κ1) is 16.0. The Morgan fingerprint density at radius 2 is 1.95 bits per heavy atom. The quantitative estimate of drug-likeness (QED) is 0.476. The van der Waals surface area contributed by atoms with Gasteiger partial charge in [-0.1, -0.05) is 44.2 Å². The molecule has 0 unspecified atom stereocenters. The van der Waals surface area contributed by atoms with Gasteiger partial charge in [-0.05, 0) is 49.4 Å². The molecule has 0 spiro atoms. The van der Waals surface area contributed by atoms with Crippen LogP contribution in [0.5, 0.6) is 0 Å². The van der Waals surface area contributed by atoms with Crippen molar-refractivity contribution >= 4 is 5.97 Å². The molecule has 0 bridgehead atoms. The molecule has 0 amide bonds. The summed E-state index contributed by atoms with van der Waals surface area (Å²) in [7, 11) is 0. The van der Waals surface area contributed by atoms with E-state index in [0.29, 0.717) is 29.6 Å². The molecule has 6 atom stereocenters. The number of carboxylic acids is 1. The minimum Gasteiger partial charge on any atom is -0.478 e. The summed E-state index contributed by atoms with van der Waals surface area (Å²) in [5, 5.41) is 19.0. The minimum absolute atomic E-state index is 0.407. The molecule has 2 N–H and O–H groups in total. The molecule has 0 aromatic rings. The lowest BCUT2D eigenvalue weighted by atomic mass is 9.58. The molecule has 2 rings (SSSR count). The normalized spacial score (nSPS) is 43.3. The fourth-order valence-corrected chi connectivity index (χ4v) is 4.27. The number of carbonyl (C=O) groups is 1. The Balaban J connectivity index is 2.17. The van der Waals surface area contributed by atoms with Crippen LogP contribution in [0.3, 0.4) is 0 Å². The predicted octanol–water partition coefficient (Wildman–Crippen LogP) is 3.42. The Bertz CT molecular complexity index is 473. The van der Waals surface area contributed by atoms with Gasteiger partial charge >= 0.3 is 5.97 Å². The topological polar surface area (TPSA) is 57.5 Å². The first-order valence-electron chi connectivity index (χ1n) is 7.78. The van der Waals surface area contributed by atoms with Crippen molar-refractivity contribution in [3.05, 3.63) is 36.5 Å². The molecule has 0 aromatic carbocycles. The van der Waals surface area contributed by atoms with Crippen LogP contribution in [-0.4, -0.2) is 21.8 Å². The number of allylic oxidation sites excluding steroid dienone is 5. The molecule has 0 aromatic heterocycles. The second kappa shape index (κ2) is 6.18. The summed E-state index contributed by atoms with van der Waals surface area (Å²) >= 11 is 0. The zero-order valence-electron chi connectivity index (χ0n) is 13.1. The molecule has 2 aliphatic rings. The van der Waals surface area contributed by atoms with Crippen LogP contribution >= 0.6 is 0 Å². The van der Waals surface area contributed by atoms with Crippen molar-refractivity contribution in [2.45, 2.75) is 39.2 Å². The summed E-state index contributed by atoms with van der Waals surface area (Å²) in [4.78, 5) is 10.5. The fourth-order valence-electron chi connectivity index (χ4n) is 4.27. The Labute approximate surface area is 127 Å². The van der Waals surface area contributed by atoms with E-state index in [1.165, 1.54) is 0 Å². The fraction of sp³-hybridized carbons (Fsp3) is 0.611. The van der Waals surface area contributed by atoms with E-state index < -0.39 is 11.6 Å². The maximum Gasteiger partial charge on any atom is 0.328 e. The lowest BCUT2D eigenvalue weighted by Gasteiger charge is -2.48. The molecule has 0 radical (unpaired) electrons. The van der Waals surface area contributed by atoms with E-state index in [4.69, 9.17) is 5.11 Å². The van der Waals surface area contributed by atoms with E-state index in [9.17, 15) is 9.90 Å². The number of aliphatic carboxylic acids is 1. The number of rotatable bonds is 3. The third-order valence-electron chi connectivity index (χ3n) is 4.99. The van der Waals surface area contributed by atoms with Crippen LogP contribution in [0.15, 0.2) is 36.5 Å². The van der Waals surface area contributed by atoms with Crippen LogP contribution in [0.2, 0.25) is 0 Å². The van der Waals surface area contributed by atoms with Crippen molar-refractivity contribution in [1.29, 1.82) is 0 Å². The van der Waals surface area contributed by atoms with Crippen molar-refractivity contribution in [2.75, 3.05) is 0 Å². The summed E-state index contributed by atoms with van der Waals surface area (Å²) in [5.41, 5.74) is -0.566. The zero-order chi connectivity index (χ0) is 15.6. The molecular formula is C18H26O3. The Kier molecular flexibility index (Phi) is 4.72. The molecule has 2 aliphatic carbocycles. The molecular weight excluding hydrogens is 264 g/mol. The lowest BCUT2D eigenvalue weighted by molar-refractivity contribution is -0.131. The van der Waals surface area contributed by atoms with E-state index in [0.717, 1.165) is 18.9 Å². The number of hydrogen-bond donors (Lipinski definition) is 2. The second-order valence-electron chi connectivity index (χ2n) is 7.03. The van der Waals surface area contributed by atoms with Gasteiger partial charge < -0.3 is 10.2 Å². The predicted molar refractivity (Wildman–Crippen MR) is 83.7 cm³/mol. The van der Waals surface area contributed by atoms with Gasteiger partial charge in [0.2, 0.25) is 0 Å². The van der Waals surface area contributed by atoms with Gasteiger partial charge in [-0.15, -0.1) is 0 Å². The summed E-state index contributed by atoms with van der Waals surface area (Å²) in [5.74, 6) is 1.34. The second-order valence-corrected chi connectivity index (χ2v) is 7.03. The third kappa shape index (κ3) is 3.85. The van der Waals surface area contributed by atoms with Crippen molar-refractivity contribution < 1.29 is 15.0 Å². The Hall–Kier alpha value is -1.35. The standard InChI is InChI=1S/C18H26O3/c1-12-8-9-14-11-18(3,21)10-13(2)17(14)15(12)6-4-5-7-16(19)20/h4-9,12-15,17,21H,10-11H2,1-3H3,(H,19,20)/b6-4+,7-5+/t12-,13+,14+,15+,17+,18+/m0/s1. The zero-order valence-corrected chi connectivity index (χ0v) is 13.1. The van der Waals surface area contributed by atoms with E-state index >= 15 is 0 Å². The highest BCUT2D eigenvalue weighted by Gasteiger charge is 2.44. The molecule has 1 fully saturated rings. The van der Waals surface area contributed by atoms with Crippen LogP contribution in [0.4, 0.5) is 0 Å². The summed E-state index contributed by atoms with van der Waals surface area (Å²) in [6.07, 6.45) is 12.9. The van der Waals surface area contributed by atoms with Crippen molar-refractivity contribution in [3.8, 4) is 0 Å². The smallest absolute Gasteiger partial charge is 0.328 e. The Morgan fingerprint density at radius 1 is 1.24 bits per heavy atom. The van der Waals surface area contributed by atoms with Gasteiger partial charge in [-0.25, -0.2) is 4.79 Å². The van der Waals surface area contributed by atoms with Crippen LogP contribution in [0, 0.1) is 29.6 Å². The molecule has 0 aliphatic heterocycles. The molecule has 3 heteroatoms. The van der Waals surface area contributed by atoms with Crippen molar-refractivity contribution in [3.63, 3.8) is 0 Å². The molecule has 116 valence electrons. The number of carboxylic acid groups (broad SMARTS) is 1. The summed E-state index contributed by atoms with van der Waals surface area (Å²) in [6.45, 7) is 6.37. The van der Waals surface area contributed by atoms with Crippen molar-refractivity contribution in [2.24, 2.45) is 29.6 Å². The maximum atomic E-state index is 10.5. The van der Waals surface area contributed by atoms with E-state index in [-0.39, 0.29) is 0 Å². The van der Waals surface area contributed by atoms with Gasteiger partial charge in [-0.3, -0.25) is 0 Å². The average molecular weight is 290 g/mol. The number of aliphatic hydroxyl groups is 1.